The van der Waals surface area contributed by atoms with Gasteiger partial charge in [-0.25, -0.2) is 0 Å². The van der Waals surface area contributed by atoms with E-state index in [1.54, 1.807) is 0 Å². The van der Waals surface area contributed by atoms with E-state index in [2.05, 4.69) is 22.9 Å². The fraction of sp³-hybridized carbons (Fsp3) is 1.00. The smallest absolute Gasteiger partial charge is 0.0784 e. The highest BCUT2D eigenvalue weighted by Gasteiger charge is 2.23. The van der Waals surface area contributed by atoms with Crippen LogP contribution in [0.4, 0.5) is 0 Å². The third kappa shape index (κ3) is 5.32. The minimum Gasteiger partial charge on any atom is -0.379 e. The largest absolute Gasteiger partial charge is 0.379 e. The van der Waals surface area contributed by atoms with E-state index in [1.165, 1.54) is 32.1 Å². The maximum Gasteiger partial charge on any atom is 0.0784 e. The first-order chi connectivity index (χ1) is 7.24. The van der Waals surface area contributed by atoms with Crippen LogP contribution in [0.3, 0.4) is 0 Å². The van der Waals surface area contributed by atoms with Crippen LogP contribution in [0.15, 0.2) is 0 Å². The average molecular weight is 279 g/mol. The van der Waals surface area contributed by atoms with Crippen molar-refractivity contribution in [1.29, 1.82) is 0 Å². The molecule has 0 heterocycles. The molecule has 0 aromatic carbocycles. The van der Waals surface area contributed by atoms with Gasteiger partial charge in [-0.05, 0) is 26.7 Å². The number of hydrogen-bond acceptors (Lipinski definition) is 2. The van der Waals surface area contributed by atoms with E-state index >= 15 is 0 Å². The molecular formula is C12H23BrO2. The van der Waals surface area contributed by atoms with Gasteiger partial charge in [0.05, 0.1) is 18.8 Å². The molecular weight excluding hydrogens is 256 g/mol. The van der Waals surface area contributed by atoms with E-state index in [1.807, 2.05) is 6.92 Å². The summed E-state index contributed by atoms with van der Waals surface area (Å²) in [7, 11) is 0. The summed E-state index contributed by atoms with van der Waals surface area (Å²) in [5.41, 5.74) is 0. The molecule has 1 aliphatic carbocycles. The van der Waals surface area contributed by atoms with Gasteiger partial charge >= 0.3 is 0 Å². The van der Waals surface area contributed by atoms with E-state index in [9.17, 15) is 0 Å². The first-order valence-corrected chi connectivity index (χ1v) is 7.03. The number of hydrogen-bond donors (Lipinski definition) is 0. The van der Waals surface area contributed by atoms with Gasteiger partial charge in [-0.2, -0.15) is 0 Å². The summed E-state index contributed by atoms with van der Waals surface area (Å²) in [6.45, 7) is 5.61. The van der Waals surface area contributed by atoms with Gasteiger partial charge in [0, 0.05) is 11.4 Å². The molecule has 0 saturated heterocycles. The van der Waals surface area contributed by atoms with Crippen LogP contribution in [-0.4, -0.2) is 30.2 Å². The van der Waals surface area contributed by atoms with E-state index in [0.29, 0.717) is 17.5 Å². The Morgan fingerprint density at radius 2 is 2.00 bits per heavy atom. The molecule has 0 aromatic heterocycles. The lowest BCUT2D eigenvalue weighted by atomic mass is 10.1. The zero-order chi connectivity index (χ0) is 11.1. The van der Waals surface area contributed by atoms with Crippen molar-refractivity contribution in [3.63, 3.8) is 0 Å². The first-order valence-electron chi connectivity index (χ1n) is 6.11. The SMILES string of the molecule is CCOCC(C)OC1CCCCCC1Br. The lowest BCUT2D eigenvalue weighted by Gasteiger charge is -2.24. The first kappa shape index (κ1) is 13.5. The minimum absolute atomic E-state index is 0.216. The summed E-state index contributed by atoms with van der Waals surface area (Å²) >= 11 is 3.74. The third-order valence-corrected chi connectivity index (χ3v) is 3.88. The van der Waals surface area contributed by atoms with Gasteiger partial charge in [-0.3, -0.25) is 0 Å². The van der Waals surface area contributed by atoms with Crippen molar-refractivity contribution in [2.45, 2.75) is 63.0 Å². The maximum atomic E-state index is 6.01. The average Bonchev–Trinajstić information content (AvgIpc) is 2.42. The van der Waals surface area contributed by atoms with Gasteiger partial charge in [0.25, 0.3) is 0 Å². The molecule has 1 rings (SSSR count). The lowest BCUT2D eigenvalue weighted by Crippen LogP contribution is -2.29. The molecule has 0 aliphatic heterocycles. The van der Waals surface area contributed by atoms with Crippen LogP contribution >= 0.6 is 15.9 Å². The van der Waals surface area contributed by atoms with Crippen molar-refractivity contribution in [3.05, 3.63) is 0 Å². The van der Waals surface area contributed by atoms with Crippen LogP contribution in [0.5, 0.6) is 0 Å². The minimum atomic E-state index is 0.216. The third-order valence-electron chi connectivity index (χ3n) is 2.84. The molecule has 3 heteroatoms. The van der Waals surface area contributed by atoms with Gasteiger partial charge in [0.15, 0.2) is 0 Å². The van der Waals surface area contributed by atoms with Crippen molar-refractivity contribution >= 4 is 15.9 Å². The number of alkyl halides is 1. The van der Waals surface area contributed by atoms with E-state index in [4.69, 9.17) is 9.47 Å². The van der Waals surface area contributed by atoms with Crippen LogP contribution < -0.4 is 0 Å². The predicted octanol–water partition coefficient (Wildman–Crippen LogP) is 3.52. The highest BCUT2D eigenvalue weighted by atomic mass is 79.9. The molecule has 1 fully saturated rings. The van der Waals surface area contributed by atoms with Crippen molar-refractivity contribution in [2.24, 2.45) is 0 Å². The summed E-state index contributed by atoms with van der Waals surface area (Å²) in [6.07, 6.45) is 7.00. The van der Waals surface area contributed by atoms with Crippen LogP contribution in [0.2, 0.25) is 0 Å². The Morgan fingerprint density at radius 3 is 2.73 bits per heavy atom. The van der Waals surface area contributed by atoms with E-state index in [-0.39, 0.29) is 6.10 Å². The van der Waals surface area contributed by atoms with Crippen molar-refractivity contribution in [2.75, 3.05) is 13.2 Å². The van der Waals surface area contributed by atoms with Gasteiger partial charge in [0.2, 0.25) is 0 Å². The Labute approximate surface area is 102 Å². The molecule has 0 aromatic rings. The fourth-order valence-electron chi connectivity index (χ4n) is 2.00. The normalized spacial score (nSPS) is 29.8. The zero-order valence-corrected chi connectivity index (χ0v) is 11.5. The van der Waals surface area contributed by atoms with Crippen molar-refractivity contribution in [1.82, 2.24) is 0 Å². The summed E-state index contributed by atoms with van der Waals surface area (Å²) in [6, 6.07) is 0. The molecule has 0 amide bonds. The molecule has 2 nitrogen and oxygen atoms in total. The fourth-order valence-corrected chi connectivity index (χ4v) is 2.72. The molecule has 1 saturated carbocycles. The van der Waals surface area contributed by atoms with Gasteiger partial charge in [0.1, 0.15) is 0 Å². The Morgan fingerprint density at radius 1 is 1.27 bits per heavy atom. The topological polar surface area (TPSA) is 18.5 Å². The van der Waals surface area contributed by atoms with Crippen LogP contribution in [0, 0.1) is 0 Å². The summed E-state index contributed by atoms with van der Waals surface area (Å²) in [5.74, 6) is 0. The summed E-state index contributed by atoms with van der Waals surface area (Å²) in [4.78, 5) is 0.532. The maximum absolute atomic E-state index is 6.01. The molecule has 3 atom stereocenters. The highest BCUT2D eigenvalue weighted by Crippen LogP contribution is 2.26. The quantitative estimate of drug-likeness (QED) is 0.566. The van der Waals surface area contributed by atoms with E-state index in [0.717, 1.165) is 6.61 Å². The Kier molecular flexibility index (Phi) is 6.86. The summed E-state index contributed by atoms with van der Waals surface area (Å²) < 4.78 is 11.4. The standard InChI is InChI=1S/C12H23BrO2/c1-3-14-9-10(2)15-12-8-6-4-5-7-11(12)13/h10-12H,3-9H2,1-2H3. The second-order valence-electron chi connectivity index (χ2n) is 4.30. The van der Waals surface area contributed by atoms with Crippen molar-refractivity contribution < 1.29 is 9.47 Å². The molecule has 15 heavy (non-hydrogen) atoms. The zero-order valence-electron chi connectivity index (χ0n) is 9.88. The molecule has 0 bridgehead atoms. The second kappa shape index (κ2) is 7.64. The number of halogens is 1. The molecule has 3 unspecified atom stereocenters. The van der Waals surface area contributed by atoms with Crippen LogP contribution in [0.25, 0.3) is 0 Å². The molecule has 0 spiro atoms. The van der Waals surface area contributed by atoms with Gasteiger partial charge < -0.3 is 9.47 Å². The lowest BCUT2D eigenvalue weighted by molar-refractivity contribution is -0.0480. The monoisotopic (exact) mass is 278 g/mol. The molecule has 90 valence electrons. The molecule has 0 radical (unpaired) electrons. The van der Waals surface area contributed by atoms with Crippen LogP contribution in [0.1, 0.15) is 46.0 Å². The highest BCUT2D eigenvalue weighted by molar-refractivity contribution is 9.09. The Hall–Kier alpha value is 0.400. The van der Waals surface area contributed by atoms with Crippen LogP contribution in [-0.2, 0) is 9.47 Å². The van der Waals surface area contributed by atoms with Gasteiger partial charge in [-0.1, -0.05) is 35.2 Å². The second-order valence-corrected chi connectivity index (χ2v) is 5.47. The summed E-state index contributed by atoms with van der Waals surface area (Å²) in [5, 5.41) is 0. The van der Waals surface area contributed by atoms with E-state index < -0.39 is 0 Å². The predicted molar refractivity (Wildman–Crippen MR) is 66.6 cm³/mol. The van der Waals surface area contributed by atoms with Crippen molar-refractivity contribution in [3.8, 4) is 0 Å². The molecule has 1 aliphatic rings. The van der Waals surface area contributed by atoms with Gasteiger partial charge in [-0.15, -0.1) is 0 Å². The Balaban J connectivity index is 2.27. The number of rotatable bonds is 5. The Bertz CT molecular complexity index is 164. The number of ether oxygens (including phenoxy) is 2. The molecule has 0 N–H and O–H groups in total.